The number of carbonyl (C=O) groups is 1. The predicted molar refractivity (Wildman–Crippen MR) is 63.9 cm³/mol. The molecule has 6 nitrogen and oxygen atoms in total. The van der Waals surface area contributed by atoms with Crippen molar-refractivity contribution in [1.82, 2.24) is 5.32 Å². The van der Waals surface area contributed by atoms with Gasteiger partial charge in [-0.15, -0.1) is 0 Å². The van der Waals surface area contributed by atoms with Crippen molar-refractivity contribution in [3.05, 3.63) is 0 Å². The van der Waals surface area contributed by atoms with Gasteiger partial charge in [-0.05, 0) is 32.1 Å². The molecule has 1 aliphatic heterocycles. The minimum absolute atomic E-state index is 0.0199. The highest BCUT2D eigenvalue weighted by atomic mass is 16.5. The summed E-state index contributed by atoms with van der Waals surface area (Å²) in [7, 11) is 0. The molecule has 1 amide bonds. The first-order valence-corrected chi connectivity index (χ1v) is 6.09. The van der Waals surface area contributed by atoms with Crippen molar-refractivity contribution in [1.29, 1.82) is 0 Å². The van der Waals surface area contributed by atoms with Gasteiger partial charge < -0.3 is 21.0 Å². The van der Waals surface area contributed by atoms with E-state index in [1.54, 1.807) is 0 Å². The first-order valence-electron chi connectivity index (χ1n) is 6.09. The second-order valence-corrected chi connectivity index (χ2v) is 4.19. The van der Waals surface area contributed by atoms with Gasteiger partial charge in [-0.1, -0.05) is 5.16 Å². The van der Waals surface area contributed by atoms with Gasteiger partial charge in [0.2, 0.25) is 5.91 Å². The molecular formula is C11H21N3O3. The highest BCUT2D eigenvalue weighted by molar-refractivity contribution is 5.81. The average Bonchev–Trinajstić information content (AvgIpc) is 2.38. The second-order valence-electron chi connectivity index (χ2n) is 4.19. The zero-order valence-corrected chi connectivity index (χ0v) is 10.0. The van der Waals surface area contributed by atoms with E-state index in [1.165, 1.54) is 0 Å². The van der Waals surface area contributed by atoms with Crippen LogP contribution in [0, 0.1) is 0 Å². The number of ether oxygens (including phenoxy) is 1. The molecule has 0 radical (unpaired) electrons. The van der Waals surface area contributed by atoms with Crippen molar-refractivity contribution in [3.63, 3.8) is 0 Å². The van der Waals surface area contributed by atoms with Crippen LogP contribution in [-0.4, -0.2) is 36.2 Å². The molecule has 0 spiro atoms. The summed E-state index contributed by atoms with van der Waals surface area (Å²) in [4.78, 5) is 11.6. The maximum Gasteiger partial charge on any atom is 0.249 e. The summed E-state index contributed by atoms with van der Waals surface area (Å²) in [6.45, 7) is 1.29. The molecule has 0 aliphatic carbocycles. The van der Waals surface area contributed by atoms with Crippen LogP contribution in [0.1, 0.15) is 38.5 Å². The predicted octanol–water partition coefficient (Wildman–Crippen LogP) is 0.588. The van der Waals surface area contributed by atoms with E-state index in [2.05, 4.69) is 10.5 Å². The summed E-state index contributed by atoms with van der Waals surface area (Å²) in [6.07, 6.45) is 4.80. The van der Waals surface area contributed by atoms with Crippen molar-refractivity contribution >= 4 is 11.7 Å². The average molecular weight is 243 g/mol. The van der Waals surface area contributed by atoms with E-state index in [0.29, 0.717) is 19.6 Å². The van der Waals surface area contributed by atoms with Gasteiger partial charge in [0.05, 0.1) is 0 Å². The second kappa shape index (κ2) is 7.89. The minimum atomic E-state index is -0.271. The van der Waals surface area contributed by atoms with Crippen molar-refractivity contribution in [2.75, 3.05) is 13.2 Å². The number of rotatable bonds is 6. The lowest BCUT2D eigenvalue weighted by molar-refractivity contribution is -0.135. The van der Waals surface area contributed by atoms with Gasteiger partial charge in [-0.2, -0.15) is 0 Å². The Morgan fingerprint density at radius 1 is 1.47 bits per heavy atom. The van der Waals surface area contributed by atoms with Gasteiger partial charge in [0.1, 0.15) is 11.9 Å². The molecule has 1 rings (SSSR count). The van der Waals surface area contributed by atoms with Crippen LogP contribution in [0.5, 0.6) is 0 Å². The third-order valence-corrected chi connectivity index (χ3v) is 2.76. The Balaban J connectivity index is 2.03. The van der Waals surface area contributed by atoms with Gasteiger partial charge in [-0.25, -0.2) is 0 Å². The molecule has 0 aromatic rings. The summed E-state index contributed by atoms with van der Waals surface area (Å²) < 4.78 is 5.37. The summed E-state index contributed by atoms with van der Waals surface area (Å²) in [5.41, 5.74) is 5.32. The zero-order valence-electron chi connectivity index (χ0n) is 10.0. The summed E-state index contributed by atoms with van der Waals surface area (Å²) in [5.74, 6) is 0.209. The molecule has 1 saturated heterocycles. The zero-order chi connectivity index (χ0) is 12.5. The van der Waals surface area contributed by atoms with Crippen molar-refractivity contribution < 1.29 is 14.7 Å². The molecule has 1 aliphatic rings. The molecule has 17 heavy (non-hydrogen) atoms. The maximum absolute atomic E-state index is 11.6. The Kier molecular flexibility index (Phi) is 6.39. The Hall–Kier alpha value is -1.30. The fourth-order valence-corrected chi connectivity index (χ4v) is 1.75. The molecule has 1 fully saturated rings. The summed E-state index contributed by atoms with van der Waals surface area (Å²) in [6, 6.07) is 0. The third kappa shape index (κ3) is 5.53. The number of amidine groups is 1. The Labute approximate surface area is 101 Å². The summed E-state index contributed by atoms with van der Waals surface area (Å²) >= 11 is 0. The van der Waals surface area contributed by atoms with E-state index < -0.39 is 0 Å². The minimum Gasteiger partial charge on any atom is -0.409 e. The van der Waals surface area contributed by atoms with E-state index in [4.69, 9.17) is 15.7 Å². The topological polar surface area (TPSA) is 96.9 Å². The van der Waals surface area contributed by atoms with E-state index in [1.807, 2.05) is 0 Å². The smallest absolute Gasteiger partial charge is 0.249 e. The Morgan fingerprint density at radius 3 is 2.94 bits per heavy atom. The lowest BCUT2D eigenvalue weighted by Gasteiger charge is -2.21. The maximum atomic E-state index is 11.6. The number of oxime groups is 1. The van der Waals surface area contributed by atoms with E-state index >= 15 is 0 Å². The molecule has 0 aromatic heterocycles. The molecule has 0 aromatic carbocycles. The normalized spacial score (nSPS) is 21.2. The van der Waals surface area contributed by atoms with Crippen LogP contribution in [0.3, 0.4) is 0 Å². The Bertz CT molecular complexity index is 263. The molecule has 0 bridgehead atoms. The standard InChI is InChI=1S/C11H21N3O3/c12-10(14-16)6-1-3-7-13-11(15)9-5-2-4-8-17-9/h9,16H,1-8H2,(H2,12,14)(H,13,15). The monoisotopic (exact) mass is 243 g/mol. The van der Waals surface area contributed by atoms with Crippen molar-refractivity contribution in [2.45, 2.75) is 44.6 Å². The van der Waals surface area contributed by atoms with Crippen LogP contribution in [0.2, 0.25) is 0 Å². The highest BCUT2D eigenvalue weighted by Gasteiger charge is 2.20. The van der Waals surface area contributed by atoms with Crippen LogP contribution >= 0.6 is 0 Å². The van der Waals surface area contributed by atoms with Crippen molar-refractivity contribution in [3.8, 4) is 0 Å². The largest absolute Gasteiger partial charge is 0.409 e. The van der Waals surface area contributed by atoms with Crippen molar-refractivity contribution in [2.24, 2.45) is 10.9 Å². The number of nitrogens with zero attached hydrogens (tertiary/aromatic N) is 1. The Morgan fingerprint density at radius 2 is 2.29 bits per heavy atom. The van der Waals surface area contributed by atoms with Gasteiger partial charge in [0, 0.05) is 19.6 Å². The number of hydrogen-bond donors (Lipinski definition) is 3. The van der Waals surface area contributed by atoms with Gasteiger partial charge >= 0.3 is 0 Å². The van der Waals surface area contributed by atoms with E-state index in [-0.39, 0.29) is 17.8 Å². The lowest BCUT2D eigenvalue weighted by Crippen LogP contribution is -2.38. The number of hydrogen-bond acceptors (Lipinski definition) is 4. The quantitative estimate of drug-likeness (QED) is 0.209. The number of carbonyl (C=O) groups excluding carboxylic acids is 1. The van der Waals surface area contributed by atoms with Gasteiger partial charge in [-0.3, -0.25) is 4.79 Å². The molecule has 6 heteroatoms. The lowest BCUT2D eigenvalue weighted by atomic mass is 10.1. The molecule has 1 unspecified atom stereocenters. The van der Waals surface area contributed by atoms with E-state index in [0.717, 1.165) is 32.1 Å². The fraction of sp³-hybridized carbons (Fsp3) is 0.818. The molecule has 1 atom stereocenters. The SMILES string of the molecule is NC(CCCCNC(=O)C1CCCCO1)=NO. The van der Waals surface area contributed by atoms with Crippen LogP contribution in [0.15, 0.2) is 5.16 Å². The van der Waals surface area contributed by atoms with Crippen LogP contribution in [0.25, 0.3) is 0 Å². The molecule has 98 valence electrons. The highest BCUT2D eigenvalue weighted by Crippen LogP contribution is 2.12. The molecule has 4 N–H and O–H groups in total. The molecular weight excluding hydrogens is 222 g/mol. The molecule has 0 saturated carbocycles. The van der Waals surface area contributed by atoms with Gasteiger partial charge in [0.25, 0.3) is 0 Å². The number of amides is 1. The van der Waals surface area contributed by atoms with E-state index in [9.17, 15) is 4.79 Å². The van der Waals surface area contributed by atoms with Crippen LogP contribution < -0.4 is 11.1 Å². The third-order valence-electron chi connectivity index (χ3n) is 2.76. The molecule has 1 heterocycles. The van der Waals surface area contributed by atoms with Gasteiger partial charge in [0.15, 0.2) is 0 Å². The number of unbranched alkanes of at least 4 members (excludes halogenated alkanes) is 1. The summed E-state index contributed by atoms with van der Waals surface area (Å²) in [5, 5.41) is 14.0. The fourth-order valence-electron chi connectivity index (χ4n) is 1.75. The van der Waals surface area contributed by atoms with Crippen LogP contribution in [0.4, 0.5) is 0 Å². The number of nitrogens with two attached hydrogens (primary N) is 1. The first-order chi connectivity index (χ1) is 8.24. The first kappa shape index (κ1) is 13.8. The number of nitrogens with one attached hydrogen (secondary N) is 1. The van der Waals surface area contributed by atoms with Crippen LogP contribution in [-0.2, 0) is 9.53 Å².